The summed E-state index contributed by atoms with van der Waals surface area (Å²) in [6, 6.07) is 16.0. The van der Waals surface area contributed by atoms with Gasteiger partial charge in [-0.3, -0.25) is 0 Å². The number of rotatable bonds is 4. The molecule has 0 radical (unpaired) electrons. The van der Waals surface area contributed by atoms with Crippen LogP contribution in [0.4, 0.5) is 11.6 Å². The van der Waals surface area contributed by atoms with E-state index in [0.29, 0.717) is 5.15 Å². The fourth-order valence-electron chi connectivity index (χ4n) is 3.19. The molecule has 0 unspecified atom stereocenters. The number of piperazine rings is 1. The van der Waals surface area contributed by atoms with Gasteiger partial charge in [0.2, 0.25) is 0 Å². The molecular formula is C20H21ClN6. The molecular weight excluding hydrogens is 360 g/mol. The zero-order valence-corrected chi connectivity index (χ0v) is 16.0. The van der Waals surface area contributed by atoms with Crippen LogP contribution in [0.15, 0.2) is 48.5 Å². The van der Waals surface area contributed by atoms with Crippen LogP contribution in [0.3, 0.4) is 0 Å². The van der Waals surface area contributed by atoms with E-state index in [2.05, 4.69) is 30.0 Å². The van der Waals surface area contributed by atoms with Gasteiger partial charge in [0.1, 0.15) is 16.8 Å². The Labute approximate surface area is 163 Å². The van der Waals surface area contributed by atoms with Gasteiger partial charge >= 0.3 is 0 Å². The molecule has 7 heteroatoms. The Hall–Kier alpha value is -2.73. The Morgan fingerprint density at radius 1 is 0.852 bits per heavy atom. The Balaban J connectivity index is 1.43. The Bertz CT molecular complexity index is 892. The summed E-state index contributed by atoms with van der Waals surface area (Å²) in [6.07, 6.45) is 0.775. The molecule has 2 aromatic heterocycles. The monoisotopic (exact) mass is 380 g/mol. The van der Waals surface area contributed by atoms with Crippen LogP contribution in [0, 0.1) is 0 Å². The number of hydrogen-bond acceptors (Lipinski definition) is 6. The van der Waals surface area contributed by atoms with Crippen molar-refractivity contribution in [3.05, 3.63) is 59.5 Å². The minimum absolute atomic E-state index is 0.502. The Kier molecular flexibility index (Phi) is 5.16. The minimum Gasteiger partial charge on any atom is -0.353 e. The average Bonchev–Trinajstić information content (AvgIpc) is 2.74. The van der Waals surface area contributed by atoms with Gasteiger partial charge in [0.15, 0.2) is 5.82 Å². The standard InChI is InChI=1S/C20H21ClN6/c1-2-18-22-17(21)14-20(23-18)27-12-10-26(11-13-27)19-9-8-16(24-25-19)15-6-4-3-5-7-15/h3-9,14H,2,10-13H2,1H3. The summed E-state index contributed by atoms with van der Waals surface area (Å²) in [4.78, 5) is 13.3. The van der Waals surface area contributed by atoms with Crippen molar-refractivity contribution >= 4 is 23.2 Å². The van der Waals surface area contributed by atoms with Crippen LogP contribution >= 0.6 is 11.6 Å². The third kappa shape index (κ3) is 4.01. The number of nitrogens with zero attached hydrogens (tertiary/aromatic N) is 6. The molecule has 1 fully saturated rings. The molecule has 138 valence electrons. The summed E-state index contributed by atoms with van der Waals surface area (Å²) in [6.45, 7) is 5.48. The van der Waals surface area contributed by atoms with Gasteiger partial charge in [0.05, 0.1) is 5.69 Å². The molecule has 4 rings (SSSR count). The predicted octanol–water partition coefficient (Wildman–Crippen LogP) is 3.48. The lowest BCUT2D eigenvalue weighted by Crippen LogP contribution is -2.47. The summed E-state index contributed by atoms with van der Waals surface area (Å²) < 4.78 is 0. The molecule has 0 bridgehead atoms. The van der Waals surface area contributed by atoms with Crippen molar-refractivity contribution < 1.29 is 0 Å². The van der Waals surface area contributed by atoms with Gasteiger partial charge in [-0.15, -0.1) is 10.2 Å². The van der Waals surface area contributed by atoms with Crippen LogP contribution < -0.4 is 9.80 Å². The summed E-state index contributed by atoms with van der Waals surface area (Å²) in [5, 5.41) is 9.32. The van der Waals surface area contributed by atoms with Crippen molar-refractivity contribution in [3.8, 4) is 11.3 Å². The van der Waals surface area contributed by atoms with E-state index in [1.807, 2.05) is 55.5 Å². The molecule has 0 spiro atoms. The molecule has 0 saturated carbocycles. The second-order valence-electron chi connectivity index (χ2n) is 6.44. The highest BCUT2D eigenvalue weighted by Crippen LogP contribution is 2.22. The van der Waals surface area contributed by atoms with E-state index in [4.69, 9.17) is 11.6 Å². The van der Waals surface area contributed by atoms with Gasteiger partial charge in [-0.25, -0.2) is 9.97 Å². The molecule has 6 nitrogen and oxygen atoms in total. The van der Waals surface area contributed by atoms with Crippen LogP contribution in [0.5, 0.6) is 0 Å². The van der Waals surface area contributed by atoms with Crippen LogP contribution in [0.25, 0.3) is 11.3 Å². The number of anilines is 2. The third-order valence-corrected chi connectivity index (χ3v) is 4.89. The zero-order chi connectivity index (χ0) is 18.6. The second-order valence-corrected chi connectivity index (χ2v) is 6.82. The molecule has 0 N–H and O–H groups in total. The van der Waals surface area contributed by atoms with Crippen LogP contribution in [-0.2, 0) is 6.42 Å². The fourth-order valence-corrected chi connectivity index (χ4v) is 3.39. The summed E-state index contributed by atoms with van der Waals surface area (Å²) in [7, 11) is 0. The van der Waals surface area contributed by atoms with Crippen molar-refractivity contribution in [2.75, 3.05) is 36.0 Å². The summed E-state index contributed by atoms with van der Waals surface area (Å²) in [5.74, 6) is 2.59. The lowest BCUT2D eigenvalue weighted by atomic mass is 10.1. The highest BCUT2D eigenvalue weighted by atomic mass is 35.5. The van der Waals surface area contributed by atoms with E-state index in [9.17, 15) is 0 Å². The first-order valence-electron chi connectivity index (χ1n) is 9.15. The molecule has 27 heavy (non-hydrogen) atoms. The average molecular weight is 381 g/mol. The maximum atomic E-state index is 6.13. The van der Waals surface area contributed by atoms with Gasteiger partial charge in [-0.1, -0.05) is 48.9 Å². The van der Waals surface area contributed by atoms with Gasteiger partial charge < -0.3 is 9.80 Å². The fraction of sp³-hybridized carbons (Fsp3) is 0.300. The quantitative estimate of drug-likeness (QED) is 0.646. The number of benzene rings is 1. The van der Waals surface area contributed by atoms with Crippen LogP contribution in [0.1, 0.15) is 12.7 Å². The first-order chi connectivity index (χ1) is 13.2. The molecule has 1 aromatic carbocycles. The lowest BCUT2D eigenvalue weighted by molar-refractivity contribution is 0.636. The minimum atomic E-state index is 0.502. The molecule has 1 saturated heterocycles. The normalized spacial score (nSPS) is 14.4. The Morgan fingerprint density at radius 2 is 1.56 bits per heavy atom. The number of hydrogen-bond donors (Lipinski definition) is 0. The van der Waals surface area contributed by atoms with E-state index >= 15 is 0 Å². The molecule has 1 aliphatic rings. The van der Waals surface area contributed by atoms with Gasteiger partial charge in [0, 0.05) is 44.2 Å². The van der Waals surface area contributed by atoms with Gasteiger partial charge in [-0.2, -0.15) is 0 Å². The maximum absolute atomic E-state index is 6.13. The highest BCUT2D eigenvalue weighted by molar-refractivity contribution is 6.29. The molecule has 0 amide bonds. The van der Waals surface area contributed by atoms with Crippen molar-refractivity contribution in [3.63, 3.8) is 0 Å². The SMILES string of the molecule is CCc1nc(Cl)cc(N2CCN(c3ccc(-c4ccccc4)nn3)CC2)n1. The Morgan fingerprint density at radius 3 is 2.19 bits per heavy atom. The molecule has 1 aliphatic heterocycles. The van der Waals surface area contributed by atoms with Gasteiger partial charge in [0.25, 0.3) is 0 Å². The van der Waals surface area contributed by atoms with Crippen LogP contribution in [-0.4, -0.2) is 46.3 Å². The summed E-state index contributed by atoms with van der Waals surface area (Å²) >= 11 is 6.13. The largest absolute Gasteiger partial charge is 0.353 e. The van der Waals surface area contributed by atoms with Gasteiger partial charge in [-0.05, 0) is 12.1 Å². The maximum Gasteiger partial charge on any atom is 0.151 e. The van der Waals surface area contributed by atoms with E-state index in [1.54, 1.807) is 0 Å². The zero-order valence-electron chi connectivity index (χ0n) is 15.2. The van der Waals surface area contributed by atoms with Crippen molar-refractivity contribution in [1.29, 1.82) is 0 Å². The molecule has 3 aromatic rings. The molecule has 3 heterocycles. The van der Waals surface area contributed by atoms with E-state index in [0.717, 1.165) is 61.3 Å². The number of halogens is 1. The number of aryl methyl sites for hydroxylation is 1. The first-order valence-corrected chi connectivity index (χ1v) is 9.53. The van der Waals surface area contributed by atoms with E-state index in [-0.39, 0.29) is 0 Å². The van der Waals surface area contributed by atoms with Crippen molar-refractivity contribution in [2.45, 2.75) is 13.3 Å². The lowest BCUT2D eigenvalue weighted by Gasteiger charge is -2.35. The molecule has 0 aliphatic carbocycles. The molecule has 0 atom stereocenters. The second kappa shape index (κ2) is 7.88. The number of aromatic nitrogens is 4. The van der Waals surface area contributed by atoms with E-state index < -0.39 is 0 Å². The topological polar surface area (TPSA) is 58.0 Å². The summed E-state index contributed by atoms with van der Waals surface area (Å²) in [5.41, 5.74) is 1.97. The smallest absolute Gasteiger partial charge is 0.151 e. The highest BCUT2D eigenvalue weighted by Gasteiger charge is 2.20. The van der Waals surface area contributed by atoms with Crippen molar-refractivity contribution in [1.82, 2.24) is 20.2 Å². The van der Waals surface area contributed by atoms with E-state index in [1.165, 1.54) is 0 Å². The first kappa shape index (κ1) is 17.7. The third-order valence-electron chi connectivity index (χ3n) is 4.69. The van der Waals surface area contributed by atoms with Crippen molar-refractivity contribution in [2.24, 2.45) is 0 Å². The predicted molar refractivity (Wildman–Crippen MR) is 108 cm³/mol. The van der Waals surface area contributed by atoms with Crippen LogP contribution in [0.2, 0.25) is 5.15 Å².